The average Bonchev–Trinajstić information content (AvgIpc) is 3.41. The van der Waals surface area contributed by atoms with Crippen LogP contribution in [0.3, 0.4) is 0 Å². The summed E-state index contributed by atoms with van der Waals surface area (Å²) in [6.07, 6.45) is 9.07. The Bertz CT molecular complexity index is 1680. The predicted molar refractivity (Wildman–Crippen MR) is 135 cm³/mol. The van der Waals surface area contributed by atoms with Gasteiger partial charge in [-0.05, 0) is 60.4 Å². The molecule has 0 bridgehead atoms. The van der Waals surface area contributed by atoms with Crippen LogP contribution >= 0.6 is 0 Å². The molecule has 0 saturated heterocycles. The lowest BCUT2D eigenvalue weighted by molar-refractivity contribution is -0.644. The number of benzene rings is 3. The molecule has 3 heterocycles. The molecule has 7 rings (SSSR count). The highest BCUT2D eigenvalue weighted by Crippen LogP contribution is 2.41. The highest BCUT2D eigenvalue weighted by Gasteiger charge is 2.25. The van der Waals surface area contributed by atoms with Crippen LogP contribution in [-0.2, 0) is 13.5 Å². The van der Waals surface area contributed by atoms with Crippen molar-refractivity contribution >= 4 is 49.0 Å². The molecule has 0 aliphatic heterocycles. The van der Waals surface area contributed by atoms with Crippen molar-refractivity contribution in [3.8, 4) is 0 Å². The van der Waals surface area contributed by atoms with E-state index in [4.69, 9.17) is 0 Å². The van der Waals surface area contributed by atoms with E-state index in [-0.39, 0.29) is 0 Å². The minimum absolute atomic E-state index is 0.862. The van der Waals surface area contributed by atoms with E-state index in [0.717, 1.165) is 5.92 Å². The second-order valence-electron chi connectivity index (χ2n) is 10.1. The van der Waals surface area contributed by atoms with Crippen LogP contribution in [0, 0.1) is 19.8 Å². The van der Waals surface area contributed by atoms with Gasteiger partial charge in [0.05, 0.1) is 16.4 Å². The molecule has 0 atom stereocenters. The lowest BCUT2D eigenvalue weighted by Gasteiger charge is -2.15. The van der Waals surface area contributed by atoms with Gasteiger partial charge in [-0.3, -0.25) is 0 Å². The SMILES string of the molecule is Cc1cc2cccc3c2c(c1C)c1c2c(cc[n+]1C)c1ccc(CC4CCCC4)cc1n32. The summed E-state index contributed by atoms with van der Waals surface area (Å²) in [7, 11) is 2.20. The average molecular weight is 418 g/mol. The second kappa shape index (κ2) is 6.45. The van der Waals surface area contributed by atoms with Crippen LogP contribution in [0.5, 0.6) is 0 Å². The molecule has 32 heavy (non-hydrogen) atoms. The predicted octanol–water partition coefficient (Wildman–Crippen LogP) is 7.16. The van der Waals surface area contributed by atoms with Crippen molar-refractivity contribution in [1.82, 2.24) is 4.40 Å². The first-order chi connectivity index (χ1) is 15.6. The summed E-state index contributed by atoms with van der Waals surface area (Å²) in [5, 5.41) is 6.88. The molecule has 3 aromatic carbocycles. The molecule has 0 unspecified atom stereocenters. The normalized spacial score (nSPS) is 15.5. The first-order valence-corrected chi connectivity index (χ1v) is 12.1. The molecule has 1 saturated carbocycles. The summed E-state index contributed by atoms with van der Waals surface area (Å²) < 4.78 is 4.89. The maximum atomic E-state index is 2.56. The van der Waals surface area contributed by atoms with E-state index in [0.29, 0.717) is 0 Å². The maximum absolute atomic E-state index is 2.56. The quantitative estimate of drug-likeness (QED) is 0.160. The minimum Gasteiger partial charge on any atom is -0.303 e. The maximum Gasteiger partial charge on any atom is 0.238 e. The monoisotopic (exact) mass is 417 g/mol. The van der Waals surface area contributed by atoms with Crippen molar-refractivity contribution < 1.29 is 4.57 Å². The van der Waals surface area contributed by atoms with Gasteiger partial charge in [-0.2, -0.15) is 4.57 Å². The molecule has 6 aromatic rings. The largest absolute Gasteiger partial charge is 0.303 e. The molecule has 158 valence electrons. The fourth-order valence-electron chi connectivity index (χ4n) is 6.57. The number of aromatic nitrogens is 2. The lowest BCUT2D eigenvalue weighted by Crippen LogP contribution is -2.29. The van der Waals surface area contributed by atoms with Crippen LogP contribution in [-0.4, -0.2) is 4.40 Å². The van der Waals surface area contributed by atoms with Crippen LogP contribution in [0.4, 0.5) is 0 Å². The first kappa shape index (κ1) is 18.4. The Kier molecular flexibility index (Phi) is 3.72. The van der Waals surface area contributed by atoms with Gasteiger partial charge >= 0.3 is 0 Å². The Morgan fingerprint density at radius 1 is 0.906 bits per heavy atom. The molecule has 3 aromatic heterocycles. The summed E-state index contributed by atoms with van der Waals surface area (Å²) in [5.74, 6) is 0.862. The molecule has 1 fully saturated rings. The van der Waals surface area contributed by atoms with Gasteiger partial charge < -0.3 is 4.40 Å². The third-order valence-corrected chi connectivity index (χ3v) is 8.25. The van der Waals surface area contributed by atoms with E-state index in [2.05, 4.69) is 84.6 Å². The Balaban J connectivity index is 1.70. The van der Waals surface area contributed by atoms with Gasteiger partial charge in [0.25, 0.3) is 0 Å². The molecular formula is C30H29N2+. The minimum atomic E-state index is 0.862. The summed E-state index contributed by atoms with van der Waals surface area (Å²) in [4.78, 5) is 0. The van der Waals surface area contributed by atoms with Crippen molar-refractivity contribution in [2.24, 2.45) is 13.0 Å². The molecular weight excluding hydrogens is 388 g/mol. The van der Waals surface area contributed by atoms with Crippen molar-refractivity contribution in [2.75, 3.05) is 0 Å². The Morgan fingerprint density at radius 3 is 2.59 bits per heavy atom. The van der Waals surface area contributed by atoms with Crippen molar-refractivity contribution in [3.05, 3.63) is 71.4 Å². The van der Waals surface area contributed by atoms with Gasteiger partial charge in [0.2, 0.25) is 5.52 Å². The summed E-state index contributed by atoms with van der Waals surface area (Å²) in [6, 6.07) is 18.8. The molecule has 1 aliphatic rings. The number of pyridine rings is 2. The standard InChI is InChI=1S/C30H29N2/c1-18-15-22-9-6-10-25-28(22)27(19(18)2)30-29-24(13-14-31(30)3)23-12-11-21(17-26(23)32(25)29)16-20-7-4-5-8-20/h6,9-15,17,20H,4-5,7-8,16H2,1-3H3/q+1. The number of hydrogen-bond acceptors (Lipinski definition) is 0. The third-order valence-electron chi connectivity index (χ3n) is 8.25. The van der Waals surface area contributed by atoms with Crippen LogP contribution < -0.4 is 4.57 Å². The molecule has 0 amide bonds. The van der Waals surface area contributed by atoms with E-state index >= 15 is 0 Å². The molecule has 1 aliphatic carbocycles. The van der Waals surface area contributed by atoms with Crippen LogP contribution in [0.2, 0.25) is 0 Å². The Morgan fingerprint density at radius 2 is 1.75 bits per heavy atom. The zero-order valence-corrected chi connectivity index (χ0v) is 19.2. The molecule has 2 heteroatoms. The Hall–Kier alpha value is -3.13. The van der Waals surface area contributed by atoms with Gasteiger partial charge in [0, 0.05) is 22.2 Å². The fraction of sp³-hybridized carbons (Fsp3) is 0.300. The number of nitrogens with zero attached hydrogens (tertiary/aromatic N) is 2. The van der Waals surface area contributed by atoms with Gasteiger partial charge in [-0.25, -0.2) is 0 Å². The topological polar surface area (TPSA) is 8.29 Å². The first-order valence-electron chi connectivity index (χ1n) is 12.1. The van der Waals surface area contributed by atoms with Gasteiger partial charge in [0.15, 0.2) is 6.20 Å². The lowest BCUT2D eigenvalue weighted by atomic mass is 9.94. The van der Waals surface area contributed by atoms with E-state index in [1.54, 1.807) is 0 Å². The van der Waals surface area contributed by atoms with Crippen LogP contribution in [0.25, 0.3) is 49.0 Å². The molecule has 0 radical (unpaired) electrons. The van der Waals surface area contributed by atoms with E-state index in [1.165, 1.54) is 97.8 Å². The summed E-state index contributed by atoms with van der Waals surface area (Å²) >= 11 is 0. The zero-order chi connectivity index (χ0) is 21.6. The molecule has 2 nitrogen and oxygen atoms in total. The van der Waals surface area contributed by atoms with Gasteiger partial charge in [-0.1, -0.05) is 56.0 Å². The number of fused-ring (bicyclic) bond motifs is 5. The fourth-order valence-corrected chi connectivity index (χ4v) is 6.57. The number of aryl methyl sites for hydroxylation is 3. The number of hydrogen-bond donors (Lipinski definition) is 0. The van der Waals surface area contributed by atoms with E-state index in [1.807, 2.05) is 0 Å². The van der Waals surface area contributed by atoms with Crippen molar-refractivity contribution in [1.29, 1.82) is 0 Å². The van der Waals surface area contributed by atoms with Crippen molar-refractivity contribution in [3.63, 3.8) is 0 Å². The van der Waals surface area contributed by atoms with Crippen molar-refractivity contribution in [2.45, 2.75) is 46.0 Å². The summed E-state index contributed by atoms with van der Waals surface area (Å²) in [6.45, 7) is 4.54. The highest BCUT2D eigenvalue weighted by atomic mass is 15.0. The van der Waals surface area contributed by atoms with Crippen LogP contribution in [0.15, 0.2) is 54.7 Å². The van der Waals surface area contributed by atoms with E-state index in [9.17, 15) is 0 Å². The van der Waals surface area contributed by atoms with Crippen LogP contribution in [0.1, 0.15) is 42.4 Å². The van der Waals surface area contributed by atoms with E-state index < -0.39 is 0 Å². The smallest absolute Gasteiger partial charge is 0.238 e. The zero-order valence-electron chi connectivity index (χ0n) is 19.2. The number of rotatable bonds is 2. The van der Waals surface area contributed by atoms with Gasteiger partial charge in [-0.15, -0.1) is 0 Å². The highest BCUT2D eigenvalue weighted by molar-refractivity contribution is 6.25. The second-order valence-corrected chi connectivity index (χ2v) is 10.1. The van der Waals surface area contributed by atoms with Gasteiger partial charge in [0.1, 0.15) is 12.6 Å². The summed E-state index contributed by atoms with van der Waals surface area (Å²) in [5.41, 5.74) is 9.65. The third kappa shape index (κ3) is 2.33. The Labute approximate surface area is 188 Å². The molecule has 0 N–H and O–H groups in total. The molecule has 0 spiro atoms.